The van der Waals surface area contributed by atoms with E-state index in [4.69, 9.17) is 19.7 Å². The molecule has 8 heteroatoms. The molecule has 2 atom stereocenters. The van der Waals surface area contributed by atoms with Crippen molar-refractivity contribution in [3.63, 3.8) is 0 Å². The summed E-state index contributed by atoms with van der Waals surface area (Å²) in [5, 5.41) is 9.65. The van der Waals surface area contributed by atoms with Gasteiger partial charge in [0.05, 0.1) is 22.8 Å². The van der Waals surface area contributed by atoms with Crippen LogP contribution >= 0.6 is 0 Å². The number of aryl methyl sites for hydroxylation is 2. The molecule has 10 rings (SSSR count). The van der Waals surface area contributed by atoms with Gasteiger partial charge in [-0.05, 0) is 74.2 Å². The van der Waals surface area contributed by atoms with Crippen LogP contribution in [0, 0.1) is 13.8 Å². The van der Waals surface area contributed by atoms with E-state index in [-0.39, 0.29) is 23.4 Å². The van der Waals surface area contributed by atoms with Gasteiger partial charge >= 0.3 is 0 Å². The molecule has 2 aliphatic rings. The van der Waals surface area contributed by atoms with Gasteiger partial charge in [0.15, 0.2) is 11.6 Å². The summed E-state index contributed by atoms with van der Waals surface area (Å²) in [7, 11) is 0. The molecule has 8 aromatic rings. The molecular formula is C56H48N4O4. The van der Waals surface area contributed by atoms with E-state index in [1.54, 1.807) is 13.8 Å². The SMILES string of the molecule is CC(=O)C1=C(Cc2ccccc2)Oc2c(c(C)nn2-c2ccccc2)[C@@H]1c1ccccc1.CC(=O)C1=C(Cc2ccccc2)Oc2c(c(C)nn2-c2ccccc2)[C@H]1c1ccccc1. The molecule has 2 aromatic heterocycles. The standard InChI is InChI=1S/2C28H24N2O2/c2*1-19-25-27(22-14-8-4-9-15-22)26(20(2)31)24(18-21-12-6-3-7-13-21)32-28(25)30(29-19)23-16-10-5-11-17-23/h2*3-17,27H,18H2,1-2H3/t2*27-/m10/s1. The van der Waals surface area contributed by atoms with E-state index in [1.807, 2.05) is 157 Å². The number of aromatic nitrogens is 4. The van der Waals surface area contributed by atoms with E-state index >= 15 is 0 Å². The van der Waals surface area contributed by atoms with Gasteiger partial charge in [0.25, 0.3) is 0 Å². The van der Waals surface area contributed by atoms with Gasteiger partial charge in [0, 0.05) is 47.0 Å². The van der Waals surface area contributed by atoms with Crippen LogP contribution in [0.5, 0.6) is 11.8 Å². The third-order valence-corrected chi connectivity index (χ3v) is 11.8. The molecule has 8 nitrogen and oxygen atoms in total. The zero-order valence-electron chi connectivity index (χ0n) is 36.3. The maximum Gasteiger partial charge on any atom is 0.226 e. The Balaban J connectivity index is 0.000000162. The molecule has 0 fully saturated rings. The molecule has 2 aliphatic heterocycles. The quantitative estimate of drug-likeness (QED) is 0.136. The number of fused-ring (bicyclic) bond motifs is 2. The average Bonchev–Trinajstić information content (AvgIpc) is 3.84. The van der Waals surface area contributed by atoms with Crippen molar-refractivity contribution in [1.29, 1.82) is 0 Å². The Labute approximate surface area is 373 Å². The van der Waals surface area contributed by atoms with Crippen molar-refractivity contribution >= 4 is 11.6 Å². The van der Waals surface area contributed by atoms with Crippen molar-refractivity contribution in [3.05, 3.63) is 249 Å². The summed E-state index contributed by atoms with van der Waals surface area (Å²) < 4.78 is 16.8. The molecule has 0 saturated carbocycles. The fraction of sp³-hybridized carbons (Fsp3) is 0.143. The van der Waals surface area contributed by atoms with Crippen molar-refractivity contribution in [2.75, 3.05) is 0 Å². The number of allylic oxidation sites excluding steroid dienone is 4. The number of benzene rings is 6. The van der Waals surface area contributed by atoms with Crippen molar-refractivity contribution in [2.45, 2.75) is 52.4 Å². The molecule has 0 radical (unpaired) electrons. The first kappa shape index (κ1) is 41.5. The highest BCUT2D eigenvalue weighted by molar-refractivity contribution is 5.98. The predicted molar refractivity (Wildman–Crippen MR) is 250 cm³/mol. The maximum absolute atomic E-state index is 13.0. The van der Waals surface area contributed by atoms with Gasteiger partial charge in [0.1, 0.15) is 11.5 Å². The number of rotatable bonds is 10. The highest BCUT2D eigenvalue weighted by Crippen LogP contribution is 2.48. The summed E-state index contributed by atoms with van der Waals surface area (Å²) in [5.74, 6) is 2.30. The molecule has 0 aliphatic carbocycles. The second kappa shape index (κ2) is 18.2. The molecule has 0 bridgehead atoms. The first-order valence-corrected chi connectivity index (χ1v) is 21.6. The Morgan fingerprint density at radius 2 is 0.750 bits per heavy atom. The summed E-state index contributed by atoms with van der Waals surface area (Å²) in [4.78, 5) is 26.0. The Kier molecular flexibility index (Phi) is 11.8. The molecule has 0 spiro atoms. The third kappa shape index (κ3) is 8.26. The fourth-order valence-electron chi connectivity index (χ4n) is 8.92. The topological polar surface area (TPSA) is 88.2 Å². The minimum absolute atomic E-state index is 0.0160. The lowest BCUT2D eigenvalue weighted by Crippen LogP contribution is -2.23. The molecule has 6 aromatic carbocycles. The zero-order valence-corrected chi connectivity index (χ0v) is 36.3. The van der Waals surface area contributed by atoms with Crippen LogP contribution in [-0.4, -0.2) is 31.1 Å². The number of carbonyl (C=O) groups is 2. The first-order chi connectivity index (χ1) is 31.3. The van der Waals surface area contributed by atoms with E-state index in [9.17, 15) is 9.59 Å². The number of hydrogen-bond donors (Lipinski definition) is 0. The van der Waals surface area contributed by atoms with Gasteiger partial charge in [-0.1, -0.05) is 158 Å². The van der Waals surface area contributed by atoms with Crippen molar-refractivity contribution in [1.82, 2.24) is 19.6 Å². The minimum atomic E-state index is -0.228. The second-order valence-electron chi connectivity index (χ2n) is 16.1. The van der Waals surface area contributed by atoms with Crippen LogP contribution in [0.25, 0.3) is 11.4 Å². The molecular weight excluding hydrogens is 793 g/mol. The number of ketones is 2. The van der Waals surface area contributed by atoms with Crippen LogP contribution in [0.4, 0.5) is 0 Å². The van der Waals surface area contributed by atoms with Gasteiger partial charge < -0.3 is 9.47 Å². The van der Waals surface area contributed by atoms with Gasteiger partial charge in [-0.3, -0.25) is 9.59 Å². The van der Waals surface area contributed by atoms with Crippen molar-refractivity contribution in [3.8, 4) is 23.1 Å². The third-order valence-electron chi connectivity index (χ3n) is 11.8. The van der Waals surface area contributed by atoms with E-state index in [0.717, 1.165) is 56.1 Å². The molecule has 0 amide bonds. The molecule has 0 unspecified atom stereocenters. The van der Waals surface area contributed by atoms with Crippen LogP contribution in [-0.2, 0) is 22.4 Å². The molecule has 316 valence electrons. The Bertz CT molecular complexity index is 2790. The van der Waals surface area contributed by atoms with Crippen molar-refractivity contribution < 1.29 is 19.1 Å². The van der Waals surface area contributed by atoms with Crippen LogP contribution in [0.1, 0.15) is 70.5 Å². The average molecular weight is 841 g/mol. The second-order valence-corrected chi connectivity index (χ2v) is 16.1. The maximum atomic E-state index is 13.0. The van der Waals surface area contributed by atoms with Crippen molar-refractivity contribution in [2.24, 2.45) is 0 Å². The number of hydrogen-bond acceptors (Lipinski definition) is 6. The van der Waals surface area contributed by atoms with E-state index < -0.39 is 0 Å². The normalized spacial score (nSPS) is 15.2. The lowest BCUT2D eigenvalue weighted by atomic mass is 9.80. The van der Waals surface area contributed by atoms with Gasteiger partial charge in [-0.15, -0.1) is 0 Å². The smallest absolute Gasteiger partial charge is 0.226 e. The number of nitrogens with zero attached hydrogens (tertiary/aromatic N) is 4. The number of para-hydroxylation sites is 2. The highest BCUT2D eigenvalue weighted by atomic mass is 16.5. The lowest BCUT2D eigenvalue weighted by molar-refractivity contribution is -0.114. The van der Waals surface area contributed by atoms with Crippen LogP contribution in [0.3, 0.4) is 0 Å². The summed E-state index contributed by atoms with van der Waals surface area (Å²) in [6.07, 6.45) is 1.08. The van der Waals surface area contributed by atoms with E-state index in [2.05, 4.69) is 48.5 Å². The molecule has 0 N–H and O–H groups in total. The number of carbonyl (C=O) groups excluding carboxylic acids is 2. The Morgan fingerprint density at radius 3 is 1.06 bits per heavy atom. The highest BCUT2D eigenvalue weighted by Gasteiger charge is 2.39. The molecule has 4 heterocycles. The Morgan fingerprint density at radius 1 is 0.453 bits per heavy atom. The molecule has 0 saturated heterocycles. The van der Waals surface area contributed by atoms with Crippen LogP contribution in [0.15, 0.2) is 205 Å². The van der Waals surface area contributed by atoms with Crippen LogP contribution < -0.4 is 9.47 Å². The summed E-state index contributed by atoms with van der Waals surface area (Å²) in [6, 6.07) is 60.5. The van der Waals surface area contributed by atoms with Crippen LogP contribution in [0.2, 0.25) is 0 Å². The molecule has 64 heavy (non-hydrogen) atoms. The lowest BCUT2D eigenvalue weighted by Gasteiger charge is -2.29. The monoisotopic (exact) mass is 840 g/mol. The van der Waals surface area contributed by atoms with E-state index in [0.29, 0.717) is 47.3 Å². The predicted octanol–water partition coefficient (Wildman–Crippen LogP) is 11.6. The summed E-state index contributed by atoms with van der Waals surface area (Å²) in [5.41, 5.74) is 11.2. The zero-order chi connectivity index (χ0) is 44.2. The number of Topliss-reactive ketones (excluding diaryl/α,β-unsaturated/α-hetero) is 2. The summed E-state index contributed by atoms with van der Waals surface area (Å²) in [6.45, 7) is 7.22. The first-order valence-electron chi connectivity index (χ1n) is 21.6. The fourth-order valence-corrected chi connectivity index (χ4v) is 8.92. The van der Waals surface area contributed by atoms with Gasteiger partial charge in [-0.25, -0.2) is 9.36 Å². The minimum Gasteiger partial charge on any atom is -0.442 e. The number of ether oxygens (including phenoxy) is 2. The summed E-state index contributed by atoms with van der Waals surface area (Å²) >= 11 is 0. The van der Waals surface area contributed by atoms with Gasteiger partial charge in [0.2, 0.25) is 11.8 Å². The van der Waals surface area contributed by atoms with E-state index in [1.165, 1.54) is 0 Å². The largest absolute Gasteiger partial charge is 0.442 e. The van der Waals surface area contributed by atoms with Gasteiger partial charge in [-0.2, -0.15) is 10.2 Å². The Hall–Kier alpha value is -7.84.